The number of allylic oxidation sites excluding steroid dienone is 1. The average molecular weight is 468 g/mol. The number of aliphatic hydroxyl groups is 2. The number of anilines is 1. The smallest absolute Gasteiger partial charge is 0.171 e. The van der Waals surface area contributed by atoms with Gasteiger partial charge in [0, 0.05) is 44.0 Å². The van der Waals surface area contributed by atoms with Gasteiger partial charge >= 0.3 is 0 Å². The molecule has 1 heterocycles. The Balaban J connectivity index is 1.47. The van der Waals surface area contributed by atoms with Gasteiger partial charge in [0.1, 0.15) is 0 Å². The van der Waals surface area contributed by atoms with E-state index in [9.17, 15) is 10.2 Å². The molecule has 0 bridgehead atoms. The first-order chi connectivity index (χ1) is 16.1. The molecule has 2 N–H and O–H groups in total. The van der Waals surface area contributed by atoms with Crippen LogP contribution in [0.4, 0.5) is 5.69 Å². The largest absolute Gasteiger partial charge is 0.390 e. The third kappa shape index (κ3) is 3.20. The highest BCUT2D eigenvalue weighted by Crippen LogP contribution is 2.67. The van der Waals surface area contributed by atoms with E-state index in [2.05, 4.69) is 57.1 Å². The molecular formula is C29H41NO4. The molecule has 6 rings (SSSR count). The zero-order valence-electron chi connectivity index (χ0n) is 21.3. The lowest BCUT2D eigenvalue weighted by atomic mass is 9.50. The number of rotatable bonds is 2. The Hall–Kier alpha value is -1.40. The van der Waals surface area contributed by atoms with Crippen LogP contribution in [-0.4, -0.2) is 54.5 Å². The molecule has 1 saturated heterocycles. The molecule has 1 spiro atoms. The van der Waals surface area contributed by atoms with Crippen LogP contribution in [0.25, 0.3) is 0 Å². The van der Waals surface area contributed by atoms with Crippen molar-refractivity contribution in [2.75, 3.05) is 32.2 Å². The van der Waals surface area contributed by atoms with E-state index < -0.39 is 17.0 Å². The van der Waals surface area contributed by atoms with Crippen molar-refractivity contribution in [2.45, 2.75) is 88.1 Å². The molecule has 0 aromatic heterocycles. The Morgan fingerprint density at radius 1 is 0.941 bits per heavy atom. The highest BCUT2D eigenvalue weighted by Gasteiger charge is 2.63. The topological polar surface area (TPSA) is 62.2 Å². The Morgan fingerprint density at radius 3 is 2.32 bits per heavy atom. The number of hydrogen-bond donors (Lipinski definition) is 2. The molecule has 0 radical (unpaired) electrons. The van der Waals surface area contributed by atoms with Crippen LogP contribution in [0, 0.1) is 17.3 Å². The van der Waals surface area contributed by atoms with Crippen LogP contribution >= 0.6 is 0 Å². The van der Waals surface area contributed by atoms with E-state index in [1.165, 1.54) is 22.4 Å². The summed E-state index contributed by atoms with van der Waals surface area (Å²) in [6.07, 6.45) is 6.86. The molecule has 0 amide bonds. The number of ether oxygens (including phenoxy) is 2. The molecule has 5 heteroatoms. The van der Waals surface area contributed by atoms with Crippen LogP contribution in [0.2, 0.25) is 0 Å². The van der Waals surface area contributed by atoms with Gasteiger partial charge in [-0.2, -0.15) is 0 Å². The summed E-state index contributed by atoms with van der Waals surface area (Å²) in [5.41, 5.74) is 3.66. The predicted molar refractivity (Wildman–Crippen MR) is 133 cm³/mol. The van der Waals surface area contributed by atoms with Crippen LogP contribution in [0.15, 0.2) is 35.4 Å². The molecule has 6 atom stereocenters. The minimum absolute atomic E-state index is 0.115. The molecule has 1 aromatic carbocycles. The maximum atomic E-state index is 12.1. The van der Waals surface area contributed by atoms with Gasteiger partial charge in [0.15, 0.2) is 5.79 Å². The monoisotopic (exact) mass is 467 g/mol. The van der Waals surface area contributed by atoms with E-state index in [0.717, 1.165) is 44.9 Å². The third-order valence-corrected chi connectivity index (χ3v) is 10.6. The summed E-state index contributed by atoms with van der Waals surface area (Å²) in [6, 6.07) is 8.97. The van der Waals surface area contributed by atoms with Crippen LogP contribution < -0.4 is 4.90 Å². The fourth-order valence-electron chi connectivity index (χ4n) is 8.54. The minimum Gasteiger partial charge on any atom is -0.390 e. The van der Waals surface area contributed by atoms with Crippen molar-refractivity contribution in [2.24, 2.45) is 17.3 Å². The van der Waals surface area contributed by atoms with Crippen molar-refractivity contribution in [3.8, 4) is 0 Å². The van der Waals surface area contributed by atoms with Gasteiger partial charge in [-0.25, -0.2) is 0 Å². The summed E-state index contributed by atoms with van der Waals surface area (Å²) in [6.45, 7) is 5.65. The fraction of sp³-hybridized carbons (Fsp3) is 0.724. The predicted octanol–water partition coefficient (Wildman–Crippen LogP) is 4.77. The first-order valence-corrected chi connectivity index (χ1v) is 13.3. The summed E-state index contributed by atoms with van der Waals surface area (Å²) in [5, 5.41) is 23.6. The molecule has 4 aliphatic carbocycles. The van der Waals surface area contributed by atoms with Crippen molar-refractivity contribution in [1.82, 2.24) is 0 Å². The molecule has 3 unspecified atom stereocenters. The lowest BCUT2D eigenvalue weighted by molar-refractivity contribution is -0.208. The summed E-state index contributed by atoms with van der Waals surface area (Å²) in [4.78, 5) is 2.13. The molecule has 186 valence electrons. The second kappa shape index (κ2) is 7.55. The molecule has 1 aliphatic heterocycles. The van der Waals surface area contributed by atoms with E-state index in [1.54, 1.807) is 0 Å². The Labute approximate surface area is 204 Å². The molecule has 3 saturated carbocycles. The maximum absolute atomic E-state index is 12.1. The lowest BCUT2D eigenvalue weighted by Gasteiger charge is -2.57. The van der Waals surface area contributed by atoms with E-state index in [1.807, 2.05) is 0 Å². The number of fused-ring (bicyclic) bond motifs is 4. The van der Waals surface area contributed by atoms with Gasteiger partial charge in [-0.15, -0.1) is 0 Å². The number of hydrogen-bond acceptors (Lipinski definition) is 5. The van der Waals surface area contributed by atoms with E-state index in [-0.39, 0.29) is 11.3 Å². The third-order valence-electron chi connectivity index (χ3n) is 10.6. The van der Waals surface area contributed by atoms with Crippen molar-refractivity contribution < 1.29 is 19.7 Å². The van der Waals surface area contributed by atoms with E-state index >= 15 is 0 Å². The van der Waals surface area contributed by atoms with Crippen LogP contribution in [0.5, 0.6) is 0 Å². The van der Waals surface area contributed by atoms with E-state index in [0.29, 0.717) is 31.5 Å². The Kier molecular flexibility index (Phi) is 5.11. The van der Waals surface area contributed by atoms with Crippen LogP contribution in [-0.2, 0) is 9.47 Å². The highest BCUT2D eigenvalue weighted by atomic mass is 16.7. The summed E-state index contributed by atoms with van der Waals surface area (Å²) in [7, 11) is 4.15. The molecular weight excluding hydrogens is 426 g/mol. The zero-order valence-corrected chi connectivity index (χ0v) is 21.3. The summed E-state index contributed by atoms with van der Waals surface area (Å²) >= 11 is 0. The normalized spacial score (nSPS) is 42.9. The van der Waals surface area contributed by atoms with Crippen molar-refractivity contribution >= 4 is 5.69 Å². The quantitative estimate of drug-likeness (QED) is 0.614. The van der Waals surface area contributed by atoms with E-state index in [4.69, 9.17) is 9.47 Å². The van der Waals surface area contributed by atoms with Crippen molar-refractivity contribution in [3.05, 3.63) is 41.0 Å². The van der Waals surface area contributed by atoms with Gasteiger partial charge < -0.3 is 24.6 Å². The second-order valence-corrected chi connectivity index (χ2v) is 12.5. The van der Waals surface area contributed by atoms with Crippen LogP contribution in [0.1, 0.15) is 76.7 Å². The summed E-state index contributed by atoms with van der Waals surface area (Å²) < 4.78 is 12.1. The number of benzene rings is 1. The Morgan fingerprint density at radius 2 is 1.65 bits per heavy atom. The molecule has 5 aliphatic rings. The standard InChI is InChI=1S/C29H41NO4/c1-26-17-22(19-5-7-20(8-6-19)30(3)4)25-21(23(26)10-12-27(26,2)31)9-13-28(32)18-29(14-11-24(25)28)33-15-16-34-29/h5-8,21-23,31-32H,9-18H2,1-4H3/t21-,22?,23-,26-,27?,28?/m0/s1. The van der Waals surface area contributed by atoms with Gasteiger partial charge in [-0.3, -0.25) is 0 Å². The first kappa shape index (κ1) is 23.0. The van der Waals surface area contributed by atoms with Gasteiger partial charge in [-0.1, -0.05) is 24.6 Å². The SMILES string of the molecule is CN(C)c1ccc(C2C[C@@]3(C)[C@@H](CCC3(C)O)[C@@H]3CCC4(O)CC5(CCC4=C23)OCCO5)cc1. The summed E-state index contributed by atoms with van der Waals surface area (Å²) in [5.74, 6) is 0.533. The van der Waals surface area contributed by atoms with Gasteiger partial charge in [-0.05, 0) is 80.6 Å². The second-order valence-electron chi connectivity index (χ2n) is 12.5. The molecule has 1 aromatic rings. The number of nitrogens with zero attached hydrogens (tertiary/aromatic N) is 1. The molecule has 5 nitrogen and oxygen atoms in total. The van der Waals surface area contributed by atoms with Gasteiger partial charge in [0.05, 0.1) is 24.4 Å². The van der Waals surface area contributed by atoms with Gasteiger partial charge in [0.25, 0.3) is 0 Å². The zero-order chi connectivity index (χ0) is 23.9. The first-order valence-electron chi connectivity index (χ1n) is 13.3. The Bertz CT molecular complexity index is 992. The van der Waals surface area contributed by atoms with Crippen molar-refractivity contribution in [3.63, 3.8) is 0 Å². The fourth-order valence-corrected chi connectivity index (χ4v) is 8.54. The lowest BCUT2D eigenvalue weighted by Crippen LogP contribution is -2.55. The van der Waals surface area contributed by atoms with Crippen molar-refractivity contribution in [1.29, 1.82) is 0 Å². The average Bonchev–Trinajstić information content (AvgIpc) is 3.33. The molecule has 34 heavy (non-hydrogen) atoms. The maximum Gasteiger partial charge on any atom is 0.171 e. The van der Waals surface area contributed by atoms with Crippen LogP contribution in [0.3, 0.4) is 0 Å². The van der Waals surface area contributed by atoms with Gasteiger partial charge in [0.2, 0.25) is 0 Å². The highest BCUT2D eigenvalue weighted by molar-refractivity contribution is 5.50. The molecule has 4 fully saturated rings. The minimum atomic E-state index is -0.842.